The number of benzene rings is 1. The number of nitrogen functional groups attached to an aromatic ring is 1. The third kappa shape index (κ3) is 3.27. The Balaban J connectivity index is 2.40. The van der Waals surface area contributed by atoms with E-state index in [1.165, 1.54) is 6.07 Å². The molecule has 0 unspecified atom stereocenters. The third-order valence-corrected chi connectivity index (χ3v) is 3.96. The molecule has 1 aromatic heterocycles. The molecule has 0 bridgehead atoms. The molecule has 0 saturated heterocycles. The Morgan fingerprint density at radius 3 is 2.50 bits per heavy atom. The number of sulfonamides is 1. The first-order valence-electron chi connectivity index (χ1n) is 5.06. The number of nitrogens with two attached hydrogens (primary N) is 1. The average molecular weight is 337 g/mol. The minimum absolute atomic E-state index is 0.0326. The van der Waals surface area contributed by atoms with E-state index in [2.05, 4.69) is 14.7 Å². The van der Waals surface area contributed by atoms with Crippen LogP contribution in [0, 0.1) is 5.82 Å². The molecule has 0 atom stereocenters. The summed E-state index contributed by atoms with van der Waals surface area (Å²) in [5, 5.41) is -0.253. The summed E-state index contributed by atoms with van der Waals surface area (Å²) in [6.45, 7) is 0. The van der Waals surface area contributed by atoms with Crippen LogP contribution >= 0.6 is 23.2 Å². The number of nitrogens with one attached hydrogen (secondary N) is 1. The second kappa shape index (κ2) is 5.39. The van der Waals surface area contributed by atoms with Crippen LogP contribution in [0.1, 0.15) is 0 Å². The van der Waals surface area contributed by atoms with Crippen molar-refractivity contribution in [1.82, 2.24) is 9.97 Å². The predicted octanol–water partition coefficient (Wildman–Crippen LogP) is 2.31. The highest BCUT2D eigenvalue weighted by molar-refractivity contribution is 7.92. The van der Waals surface area contributed by atoms with Crippen LogP contribution in [0.2, 0.25) is 10.4 Å². The summed E-state index contributed by atoms with van der Waals surface area (Å²) < 4.78 is 39.2. The van der Waals surface area contributed by atoms with E-state index in [4.69, 9.17) is 28.9 Å². The number of rotatable bonds is 3. The van der Waals surface area contributed by atoms with E-state index < -0.39 is 15.8 Å². The fourth-order valence-corrected chi connectivity index (χ4v) is 2.91. The lowest BCUT2D eigenvalue weighted by atomic mass is 10.3. The van der Waals surface area contributed by atoms with Crippen molar-refractivity contribution in [3.63, 3.8) is 0 Å². The van der Waals surface area contributed by atoms with E-state index in [0.717, 1.165) is 18.2 Å². The van der Waals surface area contributed by atoms with Crippen molar-refractivity contribution in [3.05, 3.63) is 40.5 Å². The molecule has 6 nitrogen and oxygen atoms in total. The van der Waals surface area contributed by atoms with Gasteiger partial charge in [0, 0.05) is 6.07 Å². The second-order valence-corrected chi connectivity index (χ2v) is 6.01. The third-order valence-electron chi connectivity index (χ3n) is 2.17. The monoisotopic (exact) mass is 336 g/mol. The summed E-state index contributed by atoms with van der Waals surface area (Å²) in [6.07, 6.45) is 0. The van der Waals surface area contributed by atoms with Gasteiger partial charge < -0.3 is 5.73 Å². The van der Waals surface area contributed by atoms with E-state index in [-0.39, 0.29) is 26.8 Å². The summed E-state index contributed by atoms with van der Waals surface area (Å²) in [4.78, 5) is 6.95. The van der Waals surface area contributed by atoms with Crippen molar-refractivity contribution < 1.29 is 12.8 Å². The summed E-state index contributed by atoms with van der Waals surface area (Å²) >= 11 is 11.2. The molecular formula is C10H7Cl2FN4O2S. The van der Waals surface area contributed by atoms with Gasteiger partial charge in [-0.1, -0.05) is 11.6 Å². The summed E-state index contributed by atoms with van der Waals surface area (Å²) in [5.41, 5.74) is 5.24. The van der Waals surface area contributed by atoms with Gasteiger partial charge in [-0.15, -0.1) is 0 Å². The summed E-state index contributed by atoms with van der Waals surface area (Å²) in [5.74, 6) is -0.770. The molecule has 0 saturated carbocycles. The average Bonchev–Trinajstić information content (AvgIpc) is 2.25. The Morgan fingerprint density at radius 2 is 1.90 bits per heavy atom. The molecule has 20 heavy (non-hydrogen) atoms. The molecule has 0 aliphatic heterocycles. The maximum atomic E-state index is 12.9. The van der Waals surface area contributed by atoms with Gasteiger partial charge in [-0.25, -0.2) is 17.8 Å². The van der Waals surface area contributed by atoms with E-state index in [0.29, 0.717) is 0 Å². The van der Waals surface area contributed by atoms with Gasteiger partial charge in [-0.2, -0.15) is 4.98 Å². The van der Waals surface area contributed by atoms with Crippen LogP contribution in [-0.4, -0.2) is 18.4 Å². The highest BCUT2D eigenvalue weighted by atomic mass is 35.5. The Bertz CT molecular complexity index is 750. The SMILES string of the molecule is Nc1cc(F)ccc1S(=O)(=O)Nc1cc(Cl)nc(Cl)n1. The number of hydrogen-bond donors (Lipinski definition) is 2. The van der Waals surface area contributed by atoms with Gasteiger partial charge in [-0.05, 0) is 29.8 Å². The standard InChI is InChI=1S/C10H7Cl2FN4O2S/c11-8-4-9(16-10(12)15-8)17-20(18,19)7-2-1-5(13)3-6(7)14/h1-4H,14H2,(H,15,16,17). The lowest BCUT2D eigenvalue weighted by molar-refractivity contribution is 0.600. The number of anilines is 2. The maximum absolute atomic E-state index is 12.9. The highest BCUT2D eigenvalue weighted by Gasteiger charge is 2.19. The zero-order valence-corrected chi connectivity index (χ0v) is 12.0. The van der Waals surface area contributed by atoms with Crippen molar-refractivity contribution in [1.29, 1.82) is 0 Å². The predicted molar refractivity (Wildman–Crippen MR) is 73.7 cm³/mol. The van der Waals surface area contributed by atoms with Crippen LogP contribution in [0.15, 0.2) is 29.2 Å². The van der Waals surface area contributed by atoms with E-state index in [1.807, 2.05) is 0 Å². The van der Waals surface area contributed by atoms with Crippen LogP contribution in [0.5, 0.6) is 0 Å². The summed E-state index contributed by atoms with van der Waals surface area (Å²) in [7, 11) is -4.04. The molecular weight excluding hydrogens is 330 g/mol. The Morgan fingerprint density at radius 1 is 1.20 bits per heavy atom. The topological polar surface area (TPSA) is 98.0 Å². The van der Waals surface area contributed by atoms with Crippen molar-refractivity contribution in [2.24, 2.45) is 0 Å². The van der Waals surface area contributed by atoms with Crippen LogP contribution in [-0.2, 0) is 10.0 Å². The molecule has 0 aliphatic rings. The van der Waals surface area contributed by atoms with E-state index >= 15 is 0 Å². The van der Waals surface area contributed by atoms with Crippen LogP contribution in [0.4, 0.5) is 15.9 Å². The maximum Gasteiger partial charge on any atom is 0.265 e. The lowest BCUT2D eigenvalue weighted by Gasteiger charge is -2.09. The first kappa shape index (κ1) is 14.8. The number of aromatic nitrogens is 2. The summed E-state index contributed by atoms with van der Waals surface area (Å²) in [6, 6.07) is 4.08. The van der Waals surface area contributed by atoms with Crippen LogP contribution in [0.25, 0.3) is 0 Å². The number of hydrogen-bond acceptors (Lipinski definition) is 5. The van der Waals surface area contributed by atoms with Crippen molar-refractivity contribution in [3.8, 4) is 0 Å². The number of nitrogens with zero attached hydrogens (tertiary/aromatic N) is 2. The van der Waals surface area contributed by atoms with Gasteiger partial charge in [-0.3, -0.25) is 4.72 Å². The molecule has 10 heteroatoms. The lowest BCUT2D eigenvalue weighted by Crippen LogP contribution is -2.16. The Kier molecular flexibility index (Phi) is 3.98. The zero-order valence-electron chi connectivity index (χ0n) is 9.64. The van der Waals surface area contributed by atoms with Gasteiger partial charge in [0.1, 0.15) is 21.7 Å². The fourth-order valence-electron chi connectivity index (χ4n) is 1.40. The van der Waals surface area contributed by atoms with Gasteiger partial charge in [0.25, 0.3) is 10.0 Å². The van der Waals surface area contributed by atoms with E-state index in [1.54, 1.807) is 0 Å². The molecule has 106 valence electrons. The largest absolute Gasteiger partial charge is 0.398 e. The number of halogens is 3. The minimum atomic E-state index is -4.04. The molecule has 2 aromatic rings. The van der Waals surface area contributed by atoms with Crippen molar-refractivity contribution >= 4 is 44.7 Å². The normalized spacial score (nSPS) is 11.3. The second-order valence-electron chi connectivity index (χ2n) is 3.63. The Labute approximate surface area is 123 Å². The van der Waals surface area contributed by atoms with Gasteiger partial charge in [0.2, 0.25) is 5.28 Å². The quantitative estimate of drug-likeness (QED) is 0.509. The van der Waals surface area contributed by atoms with Crippen LogP contribution < -0.4 is 10.5 Å². The molecule has 3 N–H and O–H groups in total. The van der Waals surface area contributed by atoms with Gasteiger partial charge >= 0.3 is 0 Å². The molecule has 1 heterocycles. The first-order chi connectivity index (χ1) is 9.28. The Hall–Kier alpha value is -1.64. The smallest absolute Gasteiger partial charge is 0.265 e. The first-order valence-corrected chi connectivity index (χ1v) is 7.30. The molecule has 0 spiro atoms. The molecule has 0 amide bonds. The van der Waals surface area contributed by atoms with Gasteiger partial charge in [0.05, 0.1) is 5.69 Å². The van der Waals surface area contributed by atoms with Crippen LogP contribution in [0.3, 0.4) is 0 Å². The fraction of sp³-hybridized carbons (Fsp3) is 0. The van der Waals surface area contributed by atoms with Gasteiger partial charge in [0.15, 0.2) is 0 Å². The molecule has 2 rings (SSSR count). The molecule has 0 aliphatic carbocycles. The molecule has 1 aromatic carbocycles. The van der Waals surface area contributed by atoms with Crippen molar-refractivity contribution in [2.45, 2.75) is 4.90 Å². The van der Waals surface area contributed by atoms with Crippen molar-refractivity contribution in [2.75, 3.05) is 10.5 Å². The minimum Gasteiger partial charge on any atom is -0.398 e. The highest BCUT2D eigenvalue weighted by Crippen LogP contribution is 2.23. The molecule has 0 fully saturated rings. The van der Waals surface area contributed by atoms with E-state index in [9.17, 15) is 12.8 Å². The molecule has 0 radical (unpaired) electrons. The zero-order chi connectivity index (χ0) is 14.9.